The fraction of sp³-hybridized carbons (Fsp3) is 0.0625. The first kappa shape index (κ1) is 12.9. The molecule has 0 saturated heterocycles. The van der Waals surface area contributed by atoms with E-state index in [0.717, 1.165) is 5.56 Å². The van der Waals surface area contributed by atoms with Crippen LogP contribution in [-0.4, -0.2) is 9.78 Å². The lowest BCUT2D eigenvalue weighted by atomic mass is 10.1. The minimum atomic E-state index is -0.185. The van der Waals surface area contributed by atoms with Crippen molar-refractivity contribution >= 4 is 0 Å². The summed E-state index contributed by atoms with van der Waals surface area (Å²) in [5.41, 5.74) is 1.91. The van der Waals surface area contributed by atoms with Crippen molar-refractivity contribution in [1.82, 2.24) is 9.78 Å². The van der Waals surface area contributed by atoms with Crippen molar-refractivity contribution in [3.63, 3.8) is 0 Å². The van der Waals surface area contributed by atoms with E-state index in [-0.39, 0.29) is 5.56 Å². The Morgan fingerprint density at radius 2 is 1.95 bits per heavy atom. The van der Waals surface area contributed by atoms with Crippen molar-refractivity contribution in [3.8, 4) is 17.5 Å². The molecule has 21 heavy (non-hydrogen) atoms. The molecule has 5 nitrogen and oxygen atoms in total. The van der Waals surface area contributed by atoms with Gasteiger partial charge in [0.25, 0.3) is 5.56 Å². The van der Waals surface area contributed by atoms with Crippen LogP contribution in [0.4, 0.5) is 0 Å². The van der Waals surface area contributed by atoms with Crippen LogP contribution in [0.15, 0.2) is 64.0 Å². The third kappa shape index (κ3) is 2.74. The van der Waals surface area contributed by atoms with Gasteiger partial charge >= 0.3 is 0 Å². The van der Waals surface area contributed by atoms with Crippen molar-refractivity contribution in [2.75, 3.05) is 0 Å². The van der Waals surface area contributed by atoms with Crippen molar-refractivity contribution in [2.45, 2.75) is 6.54 Å². The van der Waals surface area contributed by atoms with Crippen LogP contribution in [0.2, 0.25) is 0 Å². The van der Waals surface area contributed by atoms with Crippen LogP contribution in [0.5, 0.6) is 0 Å². The molecule has 0 bridgehead atoms. The predicted molar refractivity (Wildman–Crippen MR) is 76.5 cm³/mol. The smallest absolute Gasteiger partial charge is 0.267 e. The molecule has 0 aliphatic carbocycles. The van der Waals surface area contributed by atoms with E-state index in [1.54, 1.807) is 36.6 Å². The van der Waals surface area contributed by atoms with E-state index < -0.39 is 0 Å². The van der Waals surface area contributed by atoms with Crippen molar-refractivity contribution in [1.29, 1.82) is 5.26 Å². The van der Waals surface area contributed by atoms with Gasteiger partial charge in [-0.05, 0) is 35.9 Å². The van der Waals surface area contributed by atoms with Gasteiger partial charge in [0.15, 0.2) is 5.76 Å². The number of nitriles is 1. The average molecular weight is 277 g/mol. The summed E-state index contributed by atoms with van der Waals surface area (Å²) in [7, 11) is 0. The van der Waals surface area contributed by atoms with Crippen LogP contribution in [0.1, 0.15) is 11.1 Å². The van der Waals surface area contributed by atoms with Crippen LogP contribution in [-0.2, 0) is 6.54 Å². The van der Waals surface area contributed by atoms with Gasteiger partial charge in [0.1, 0.15) is 5.69 Å². The molecule has 0 saturated carbocycles. The zero-order valence-corrected chi connectivity index (χ0v) is 11.1. The van der Waals surface area contributed by atoms with Crippen molar-refractivity contribution in [2.24, 2.45) is 0 Å². The van der Waals surface area contributed by atoms with Gasteiger partial charge in [0, 0.05) is 6.07 Å². The second kappa shape index (κ2) is 5.47. The first-order chi connectivity index (χ1) is 10.3. The third-order valence-electron chi connectivity index (χ3n) is 3.06. The van der Waals surface area contributed by atoms with Crippen molar-refractivity contribution < 1.29 is 4.42 Å². The van der Waals surface area contributed by atoms with Gasteiger partial charge in [0.2, 0.25) is 0 Å². The molecule has 5 heteroatoms. The number of rotatable bonds is 3. The van der Waals surface area contributed by atoms with Gasteiger partial charge < -0.3 is 4.42 Å². The van der Waals surface area contributed by atoms with Crippen molar-refractivity contribution in [3.05, 3.63) is 76.3 Å². The lowest BCUT2D eigenvalue weighted by molar-refractivity contribution is 0.569. The van der Waals surface area contributed by atoms with E-state index in [4.69, 9.17) is 9.68 Å². The van der Waals surface area contributed by atoms with E-state index in [1.807, 2.05) is 12.1 Å². The summed E-state index contributed by atoms with van der Waals surface area (Å²) in [6.45, 7) is 0.346. The lowest BCUT2D eigenvalue weighted by Crippen LogP contribution is -2.22. The average Bonchev–Trinajstić information content (AvgIpc) is 3.04. The quantitative estimate of drug-likeness (QED) is 0.737. The molecule has 0 radical (unpaired) electrons. The summed E-state index contributed by atoms with van der Waals surface area (Å²) in [5, 5.41) is 13.1. The summed E-state index contributed by atoms with van der Waals surface area (Å²) >= 11 is 0. The van der Waals surface area contributed by atoms with E-state index >= 15 is 0 Å². The highest BCUT2D eigenvalue weighted by molar-refractivity contribution is 5.50. The Hall–Kier alpha value is -3.13. The summed E-state index contributed by atoms with van der Waals surface area (Å²) in [4.78, 5) is 11.9. The summed E-state index contributed by atoms with van der Waals surface area (Å²) in [6.07, 6.45) is 1.56. The molecule has 0 N–H and O–H groups in total. The number of nitrogens with zero attached hydrogens (tertiary/aromatic N) is 3. The topological polar surface area (TPSA) is 71.8 Å². The molecular formula is C16H11N3O2. The molecule has 0 fully saturated rings. The van der Waals surface area contributed by atoms with Gasteiger partial charge in [-0.3, -0.25) is 4.79 Å². The molecular weight excluding hydrogens is 266 g/mol. The molecule has 3 rings (SSSR count). The van der Waals surface area contributed by atoms with Crippen LogP contribution in [0.3, 0.4) is 0 Å². The molecule has 0 atom stereocenters. The molecule has 0 amide bonds. The zero-order chi connectivity index (χ0) is 14.7. The summed E-state index contributed by atoms with van der Waals surface area (Å²) in [5.74, 6) is 0.614. The van der Waals surface area contributed by atoms with Crippen LogP contribution in [0, 0.1) is 11.3 Å². The second-order valence-corrected chi connectivity index (χ2v) is 4.50. The summed E-state index contributed by atoms with van der Waals surface area (Å²) < 4.78 is 6.66. The van der Waals surface area contributed by atoms with E-state index in [2.05, 4.69) is 11.2 Å². The monoisotopic (exact) mass is 277 g/mol. The minimum Gasteiger partial charge on any atom is -0.463 e. The Bertz CT molecular complexity index is 840. The first-order valence-electron chi connectivity index (χ1n) is 6.37. The van der Waals surface area contributed by atoms with E-state index in [1.165, 1.54) is 10.7 Å². The molecule has 1 aromatic carbocycles. The molecule has 0 aliphatic heterocycles. The predicted octanol–water partition coefficient (Wildman–Crippen LogP) is 2.42. The number of hydrogen-bond acceptors (Lipinski definition) is 4. The van der Waals surface area contributed by atoms with Crippen LogP contribution < -0.4 is 5.56 Å². The highest BCUT2D eigenvalue weighted by atomic mass is 16.3. The maximum Gasteiger partial charge on any atom is 0.267 e. The maximum atomic E-state index is 11.9. The minimum absolute atomic E-state index is 0.185. The highest BCUT2D eigenvalue weighted by Gasteiger charge is 2.06. The number of benzene rings is 1. The third-order valence-corrected chi connectivity index (χ3v) is 3.06. The fourth-order valence-electron chi connectivity index (χ4n) is 1.98. The fourth-order valence-corrected chi connectivity index (χ4v) is 1.98. The molecule has 0 unspecified atom stereocenters. The second-order valence-electron chi connectivity index (χ2n) is 4.50. The first-order valence-corrected chi connectivity index (χ1v) is 6.37. The molecule has 2 heterocycles. The SMILES string of the molecule is N#Cc1ccc(Cn2nc(-c3ccco3)ccc2=O)cc1. The maximum absolute atomic E-state index is 11.9. The zero-order valence-electron chi connectivity index (χ0n) is 11.1. The van der Waals surface area contributed by atoms with Crippen LogP contribution >= 0.6 is 0 Å². The van der Waals surface area contributed by atoms with Gasteiger partial charge in [0.05, 0.1) is 24.4 Å². The number of hydrogen-bond donors (Lipinski definition) is 0. The molecule has 3 aromatic rings. The largest absolute Gasteiger partial charge is 0.463 e. The van der Waals surface area contributed by atoms with Crippen LogP contribution in [0.25, 0.3) is 11.5 Å². The standard InChI is InChI=1S/C16H11N3O2/c17-10-12-3-5-13(6-4-12)11-19-16(20)8-7-14(18-19)15-2-1-9-21-15/h1-9H,11H2. The molecule has 0 spiro atoms. The van der Waals surface area contributed by atoms with Gasteiger partial charge in [-0.1, -0.05) is 12.1 Å². The van der Waals surface area contributed by atoms with E-state index in [9.17, 15) is 4.79 Å². The Morgan fingerprint density at radius 3 is 2.62 bits per heavy atom. The number of aromatic nitrogens is 2. The highest BCUT2D eigenvalue weighted by Crippen LogP contribution is 2.15. The van der Waals surface area contributed by atoms with E-state index in [0.29, 0.717) is 23.6 Å². The summed E-state index contributed by atoms with van der Waals surface area (Å²) in [6, 6.07) is 15.8. The normalized spacial score (nSPS) is 10.2. The Labute approximate surface area is 120 Å². The number of furan rings is 1. The Balaban J connectivity index is 1.92. The molecule has 0 aliphatic rings. The van der Waals surface area contributed by atoms with Gasteiger partial charge in [-0.25, -0.2) is 4.68 Å². The Kier molecular flexibility index (Phi) is 3.36. The van der Waals surface area contributed by atoms with Gasteiger partial charge in [-0.15, -0.1) is 0 Å². The molecule has 2 aromatic heterocycles. The Morgan fingerprint density at radius 1 is 1.14 bits per heavy atom. The lowest BCUT2D eigenvalue weighted by Gasteiger charge is -2.06. The van der Waals surface area contributed by atoms with Gasteiger partial charge in [-0.2, -0.15) is 10.4 Å². The molecule has 102 valence electrons.